The van der Waals surface area contributed by atoms with Crippen molar-refractivity contribution in [3.63, 3.8) is 0 Å². The molecule has 1 aromatic rings. The monoisotopic (exact) mass is 295 g/mol. The SMILES string of the molecule is COC(=O)Cc1ccc(CNC(C)C2CCCCC2)s1. The van der Waals surface area contributed by atoms with Gasteiger partial charge in [0.2, 0.25) is 0 Å². The molecule has 0 amide bonds. The van der Waals surface area contributed by atoms with Crippen molar-refractivity contribution in [1.82, 2.24) is 5.32 Å². The summed E-state index contributed by atoms with van der Waals surface area (Å²) in [4.78, 5) is 13.6. The Kier molecular flexibility index (Phi) is 6.05. The summed E-state index contributed by atoms with van der Waals surface area (Å²) in [6, 6.07) is 4.73. The highest BCUT2D eigenvalue weighted by Crippen LogP contribution is 2.26. The summed E-state index contributed by atoms with van der Waals surface area (Å²) in [6.45, 7) is 3.21. The summed E-state index contributed by atoms with van der Waals surface area (Å²) in [6.07, 6.45) is 7.31. The van der Waals surface area contributed by atoms with Gasteiger partial charge in [0.05, 0.1) is 13.5 Å². The number of thiophene rings is 1. The summed E-state index contributed by atoms with van der Waals surface area (Å²) in [5.74, 6) is 0.667. The third-order valence-corrected chi connectivity index (χ3v) is 5.30. The molecular formula is C16H25NO2S. The molecule has 1 aliphatic carbocycles. The van der Waals surface area contributed by atoms with Crippen LogP contribution in [0, 0.1) is 5.92 Å². The largest absolute Gasteiger partial charge is 0.469 e. The normalized spacial score (nSPS) is 17.9. The Labute approximate surface area is 125 Å². The highest BCUT2D eigenvalue weighted by molar-refractivity contribution is 7.12. The molecule has 1 aromatic heterocycles. The molecule has 0 aliphatic heterocycles. The van der Waals surface area contributed by atoms with Crippen LogP contribution < -0.4 is 5.32 Å². The molecule has 0 saturated heterocycles. The van der Waals surface area contributed by atoms with Gasteiger partial charge in [-0.15, -0.1) is 11.3 Å². The molecule has 1 atom stereocenters. The Morgan fingerprint density at radius 3 is 2.75 bits per heavy atom. The number of nitrogens with one attached hydrogen (secondary N) is 1. The Bertz CT molecular complexity index is 424. The number of methoxy groups -OCH3 is 1. The van der Waals surface area contributed by atoms with Crippen molar-refractivity contribution in [2.24, 2.45) is 5.92 Å². The Hall–Kier alpha value is -0.870. The molecule has 0 aromatic carbocycles. The van der Waals surface area contributed by atoms with Crippen LogP contribution in [0.25, 0.3) is 0 Å². The van der Waals surface area contributed by atoms with E-state index in [1.165, 1.54) is 44.1 Å². The zero-order valence-corrected chi connectivity index (χ0v) is 13.3. The Morgan fingerprint density at radius 1 is 1.35 bits per heavy atom. The second-order valence-corrected chi connectivity index (χ2v) is 6.94. The van der Waals surface area contributed by atoms with E-state index < -0.39 is 0 Å². The lowest BCUT2D eigenvalue weighted by Crippen LogP contribution is -2.33. The summed E-state index contributed by atoms with van der Waals surface area (Å²) >= 11 is 1.70. The van der Waals surface area contributed by atoms with E-state index in [4.69, 9.17) is 4.74 Å². The molecule has 1 fully saturated rings. The number of hydrogen-bond acceptors (Lipinski definition) is 4. The number of esters is 1. The molecule has 1 heterocycles. The van der Waals surface area contributed by atoms with Crippen molar-refractivity contribution < 1.29 is 9.53 Å². The van der Waals surface area contributed by atoms with Gasteiger partial charge in [0.25, 0.3) is 0 Å². The first-order valence-corrected chi connectivity index (χ1v) is 8.38. The smallest absolute Gasteiger partial charge is 0.310 e. The maximum atomic E-state index is 11.2. The van der Waals surface area contributed by atoms with Crippen LogP contribution in [0.2, 0.25) is 0 Å². The van der Waals surface area contributed by atoms with E-state index >= 15 is 0 Å². The fourth-order valence-electron chi connectivity index (χ4n) is 2.89. The van der Waals surface area contributed by atoms with Crippen LogP contribution >= 0.6 is 11.3 Å². The van der Waals surface area contributed by atoms with Crippen molar-refractivity contribution in [1.29, 1.82) is 0 Å². The number of carbonyl (C=O) groups is 1. The van der Waals surface area contributed by atoms with Crippen LogP contribution in [-0.4, -0.2) is 19.1 Å². The van der Waals surface area contributed by atoms with E-state index in [-0.39, 0.29) is 5.97 Å². The average molecular weight is 295 g/mol. The second-order valence-electron chi connectivity index (χ2n) is 5.69. The van der Waals surface area contributed by atoms with Crippen LogP contribution in [0.3, 0.4) is 0 Å². The zero-order chi connectivity index (χ0) is 14.4. The number of rotatable bonds is 6. The van der Waals surface area contributed by atoms with Crippen molar-refractivity contribution in [3.05, 3.63) is 21.9 Å². The molecule has 3 nitrogen and oxygen atoms in total. The summed E-state index contributed by atoms with van der Waals surface area (Å²) in [5.41, 5.74) is 0. The van der Waals surface area contributed by atoms with Gasteiger partial charge in [-0.3, -0.25) is 4.79 Å². The number of hydrogen-bond donors (Lipinski definition) is 1. The molecular weight excluding hydrogens is 270 g/mol. The van der Waals surface area contributed by atoms with E-state index in [0.717, 1.165) is 17.3 Å². The predicted octanol–water partition coefficient (Wildman–Crippen LogP) is 3.52. The standard InChI is InChI=1S/C16H25NO2S/c1-12(13-6-4-3-5-7-13)17-11-15-9-8-14(20-15)10-16(18)19-2/h8-9,12-13,17H,3-7,10-11H2,1-2H3. The number of ether oxygens (including phenoxy) is 1. The quantitative estimate of drug-likeness (QED) is 0.816. The van der Waals surface area contributed by atoms with Crippen molar-refractivity contribution in [2.75, 3.05) is 7.11 Å². The van der Waals surface area contributed by atoms with E-state index in [9.17, 15) is 4.79 Å². The van der Waals surface area contributed by atoms with Gasteiger partial charge >= 0.3 is 5.97 Å². The molecule has 0 spiro atoms. The molecule has 112 valence electrons. The van der Waals surface area contributed by atoms with Gasteiger partial charge in [-0.25, -0.2) is 0 Å². The summed E-state index contributed by atoms with van der Waals surface area (Å²) in [5, 5.41) is 3.64. The lowest BCUT2D eigenvalue weighted by Gasteiger charge is -2.28. The fraction of sp³-hybridized carbons (Fsp3) is 0.688. The number of carbonyl (C=O) groups excluding carboxylic acids is 1. The third kappa shape index (κ3) is 4.60. The van der Waals surface area contributed by atoms with Crippen molar-refractivity contribution >= 4 is 17.3 Å². The van der Waals surface area contributed by atoms with Gasteiger partial charge in [0, 0.05) is 22.3 Å². The first kappa shape index (κ1) is 15.5. The predicted molar refractivity (Wildman–Crippen MR) is 82.9 cm³/mol. The van der Waals surface area contributed by atoms with Crippen molar-refractivity contribution in [3.8, 4) is 0 Å². The molecule has 1 saturated carbocycles. The highest BCUT2D eigenvalue weighted by Gasteiger charge is 2.19. The van der Waals surface area contributed by atoms with Crippen LogP contribution in [0.5, 0.6) is 0 Å². The lowest BCUT2D eigenvalue weighted by molar-refractivity contribution is -0.139. The third-order valence-electron chi connectivity index (χ3n) is 4.22. The van der Waals surface area contributed by atoms with Crippen LogP contribution in [0.15, 0.2) is 12.1 Å². The maximum absolute atomic E-state index is 11.2. The molecule has 1 unspecified atom stereocenters. The summed E-state index contributed by atoms with van der Waals surface area (Å²) < 4.78 is 4.69. The molecule has 1 aliphatic rings. The molecule has 4 heteroatoms. The minimum Gasteiger partial charge on any atom is -0.469 e. The second kappa shape index (κ2) is 7.79. The first-order chi connectivity index (χ1) is 9.69. The van der Waals surface area contributed by atoms with Gasteiger partial charge in [0.15, 0.2) is 0 Å². The van der Waals surface area contributed by atoms with E-state index in [1.54, 1.807) is 11.3 Å². The zero-order valence-electron chi connectivity index (χ0n) is 12.5. The maximum Gasteiger partial charge on any atom is 0.310 e. The van der Waals surface area contributed by atoms with Gasteiger partial charge < -0.3 is 10.1 Å². The van der Waals surface area contributed by atoms with Crippen LogP contribution in [0.1, 0.15) is 48.8 Å². The van der Waals surface area contributed by atoms with E-state index in [1.807, 2.05) is 6.07 Å². The van der Waals surface area contributed by atoms with E-state index in [2.05, 4.69) is 18.3 Å². The van der Waals surface area contributed by atoms with Crippen molar-refractivity contribution in [2.45, 2.75) is 58.0 Å². The molecule has 1 N–H and O–H groups in total. The summed E-state index contributed by atoms with van der Waals surface area (Å²) in [7, 11) is 1.43. The molecule has 20 heavy (non-hydrogen) atoms. The minimum absolute atomic E-state index is 0.165. The Balaban J connectivity index is 1.77. The lowest BCUT2D eigenvalue weighted by atomic mass is 9.84. The molecule has 2 rings (SSSR count). The first-order valence-electron chi connectivity index (χ1n) is 7.57. The van der Waals surface area contributed by atoms with Gasteiger partial charge in [-0.1, -0.05) is 19.3 Å². The Morgan fingerprint density at radius 2 is 2.05 bits per heavy atom. The fourth-order valence-corrected chi connectivity index (χ4v) is 3.84. The van der Waals surface area contributed by atoms with Gasteiger partial charge in [0.1, 0.15) is 0 Å². The van der Waals surface area contributed by atoms with E-state index in [0.29, 0.717) is 12.5 Å². The molecule has 0 bridgehead atoms. The molecule has 0 radical (unpaired) electrons. The minimum atomic E-state index is -0.165. The topological polar surface area (TPSA) is 38.3 Å². The average Bonchev–Trinajstić information content (AvgIpc) is 2.93. The van der Waals surface area contributed by atoms with Gasteiger partial charge in [-0.2, -0.15) is 0 Å². The highest BCUT2D eigenvalue weighted by atomic mass is 32.1. The van der Waals surface area contributed by atoms with Crippen LogP contribution in [-0.2, 0) is 22.5 Å². The van der Waals surface area contributed by atoms with Gasteiger partial charge in [-0.05, 0) is 37.8 Å². The van der Waals surface area contributed by atoms with Crippen LogP contribution in [0.4, 0.5) is 0 Å².